The Bertz CT molecular complexity index is 276. The van der Waals surface area contributed by atoms with Crippen LogP contribution in [-0.2, 0) is 0 Å². The Balaban J connectivity index is 1.73. The van der Waals surface area contributed by atoms with Crippen LogP contribution in [-0.4, -0.2) is 55.1 Å². The van der Waals surface area contributed by atoms with E-state index in [9.17, 15) is 0 Å². The first-order valence-corrected chi connectivity index (χ1v) is 7.80. The zero-order valence-corrected chi connectivity index (χ0v) is 12.1. The zero-order valence-electron chi connectivity index (χ0n) is 12.1. The molecule has 2 N–H and O–H groups in total. The van der Waals surface area contributed by atoms with Crippen LogP contribution in [0.4, 0.5) is 0 Å². The number of hydrogen-bond acceptors (Lipinski definition) is 3. The minimum absolute atomic E-state index is 0.362. The van der Waals surface area contributed by atoms with E-state index in [1.165, 1.54) is 51.6 Å². The number of rotatable bonds is 5. The number of piperidine rings is 1. The number of hydrogen-bond donors (Lipinski definition) is 1. The van der Waals surface area contributed by atoms with Crippen LogP contribution in [0.15, 0.2) is 0 Å². The van der Waals surface area contributed by atoms with Crippen molar-refractivity contribution in [2.24, 2.45) is 17.6 Å². The third-order valence-corrected chi connectivity index (χ3v) is 5.79. The van der Waals surface area contributed by atoms with E-state index in [-0.39, 0.29) is 0 Å². The second-order valence-corrected chi connectivity index (χ2v) is 6.89. The third-order valence-electron chi connectivity index (χ3n) is 5.79. The van der Waals surface area contributed by atoms with E-state index < -0.39 is 0 Å². The average molecular weight is 251 g/mol. The fourth-order valence-corrected chi connectivity index (χ4v) is 4.28. The molecule has 2 saturated carbocycles. The number of nitrogens with two attached hydrogens (primary N) is 1. The van der Waals surface area contributed by atoms with E-state index in [4.69, 9.17) is 5.73 Å². The topological polar surface area (TPSA) is 32.5 Å². The first-order chi connectivity index (χ1) is 8.68. The van der Waals surface area contributed by atoms with Crippen LogP contribution in [0.5, 0.6) is 0 Å². The molecule has 18 heavy (non-hydrogen) atoms. The maximum absolute atomic E-state index is 6.27. The molecule has 1 heterocycles. The molecular formula is C15H29N3. The molecule has 1 saturated heterocycles. The summed E-state index contributed by atoms with van der Waals surface area (Å²) < 4.78 is 0. The molecule has 0 unspecified atom stereocenters. The lowest BCUT2D eigenvalue weighted by Crippen LogP contribution is -2.60. The lowest BCUT2D eigenvalue weighted by molar-refractivity contribution is 0.0130. The summed E-state index contributed by atoms with van der Waals surface area (Å²) in [6, 6.07) is 0.769. The Hall–Kier alpha value is -0.120. The second kappa shape index (κ2) is 4.77. The summed E-state index contributed by atoms with van der Waals surface area (Å²) in [6.45, 7) is 3.39. The lowest BCUT2D eigenvalue weighted by Gasteiger charge is -2.48. The Morgan fingerprint density at radius 3 is 1.94 bits per heavy atom. The quantitative estimate of drug-likeness (QED) is 0.804. The van der Waals surface area contributed by atoms with Gasteiger partial charge in [0.1, 0.15) is 0 Å². The van der Waals surface area contributed by atoms with Gasteiger partial charge in [0.15, 0.2) is 0 Å². The standard InChI is InChI=1S/C15H29N3/c1-17-9-7-14(8-10-17)18(2)15(11-16,12-3-4-12)13-5-6-13/h12-14H,3-11,16H2,1-2H3. The summed E-state index contributed by atoms with van der Waals surface area (Å²) >= 11 is 0. The van der Waals surface area contributed by atoms with Crippen molar-refractivity contribution < 1.29 is 0 Å². The molecule has 0 bridgehead atoms. The maximum atomic E-state index is 6.27. The van der Waals surface area contributed by atoms with Gasteiger partial charge < -0.3 is 10.6 Å². The number of likely N-dealkylation sites (N-methyl/N-ethyl adjacent to an activating group) is 1. The van der Waals surface area contributed by atoms with Gasteiger partial charge in [-0.2, -0.15) is 0 Å². The molecule has 3 rings (SSSR count). The second-order valence-electron chi connectivity index (χ2n) is 6.89. The van der Waals surface area contributed by atoms with Crippen LogP contribution in [0, 0.1) is 11.8 Å². The fraction of sp³-hybridized carbons (Fsp3) is 1.00. The minimum Gasteiger partial charge on any atom is -0.329 e. The summed E-state index contributed by atoms with van der Waals surface area (Å²) in [5.41, 5.74) is 6.63. The van der Waals surface area contributed by atoms with Crippen molar-refractivity contribution in [3.63, 3.8) is 0 Å². The van der Waals surface area contributed by atoms with Gasteiger partial charge in [-0.25, -0.2) is 0 Å². The van der Waals surface area contributed by atoms with E-state index in [0.29, 0.717) is 5.54 Å². The van der Waals surface area contributed by atoms with Crippen molar-refractivity contribution in [1.29, 1.82) is 0 Å². The monoisotopic (exact) mass is 251 g/mol. The normalized spacial score (nSPS) is 28.0. The largest absolute Gasteiger partial charge is 0.329 e. The molecule has 3 aliphatic rings. The molecule has 3 fully saturated rings. The lowest BCUT2D eigenvalue weighted by atomic mass is 9.83. The molecule has 0 aromatic rings. The number of likely N-dealkylation sites (tertiary alicyclic amines) is 1. The zero-order chi connectivity index (χ0) is 12.8. The van der Waals surface area contributed by atoms with Gasteiger partial charge in [0, 0.05) is 18.1 Å². The van der Waals surface area contributed by atoms with Crippen molar-refractivity contribution in [3.05, 3.63) is 0 Å². The summed E-state index contributed by atoms with van der Waals surface area (Å²) in [4.78, 5) is 5.19. The van der Waals surface area contributed by atoms with Gasteiger partial charge >= 0.3 is 0 Å². The van der Waals surface area contributed by atoms with Gasteiger partial charge in [0.25, 0.3) is 0 Å². The van der Waals surface area contributed by atoms with Gasteiger partial charge in [-0.3, -0.25) is 4.90 Å². The molecule has 3 heteroatoms. The first-order valence-electron chi connectivity index (χ1n) is 7.80. The van der Waals surface area contributed by atoms with Crippen molar-refractivity contribution in [1.82, 2.24) is 9.80 Å². The highest BCUT2D eigenvalue weighted by atomic mass is 15.3. The van der Waals surface area contributed by atoms with E-state index in [0.717, 1.165) is 24.4 Å². The summed E-state index contributed by atoms with van der Waals surface area (Å²) in [6.07, 6.45) is 8.34. The third kappa shape index (κ3) is 2.10. The van der Waals surface area contributed by atoms with E-state index in [1.807, 2.05) is 0 Å². The summed E-state index contributed by atoms with van der Waals surface area (Å²) in [7, 11) is 4.62. The van der Waals surface area contributed by atoms with Crippen LogP contribution in [0.25, 0.3) is 0 Å². The highest BCUT2D eigenvalue weighted by molar-refractivity contribution is 5.11. The van der Waals surface area contributed by atoms with Gasteiger partial charge in [-0.1, -0.05) is 0 Å². The molecular weight excluding hydrogens is 222 g/mol. The van der Waals surface area contributed by atoms with E-state index in [1.54, 1.807) is 0 Å². The molecule has 0 spiro atoms. The average Bonchev–Trinajstić information content (AvgIpc) is 3.24. The molecule has 0 atom stereocenters. The maximum Gasteiger partial charge on any atom is 0.0387 e. The first kappa shape index (κ1) is 12.9. The summed E-state index contributed by atoms with van der Waals surface area (Å²) in [5.74, 6) is 1.80. The van der Waals surface area contributed by atoms with Gasteiger partial charge in [-0.05, 0) is 77.5 Å². The van der Waals surface area contributed by atoms with Crippen molar-refractivity contribution >= 4 is 0 Å². The molecule has 0 aromatic carbocycles. The van der Waals surface area contributed by atoms with E-state index >= 15 is 0 Å². The van der Waals surface area contributed by atoms with Crippen molar-refractivity contribution in [2.75, 3.05) is 33.7 Å². The Kier molecular flexibility index (Phi) is 3.41. The molecule has 3 nitrogen and oxygen atoms in total. The molecule has 1 aliphatic heterocycles. The molecule has 0 aromatic heterocycles. The molecule has 104 valence electrons. The van der Waals surface area contributed by atoms with Gasteiger partial charge in [0.05, 0.1) is 0 Å². The molecule has 2 aliphatic carbocycles. The van der Waals surface area contributed by atoms with Crippen LogP contribution in [0.2, 0.25) is 0 Å². The molecule has 0 amide bonds. The Morgan fingerprint density at radius 2 is 1.56 bits per heavy atom. The van der Waals surface area contributed by atoms with Crippen LogP contribution in [0.3, 0.4) is 0 Å². The highest BCUT2D eigenvalue weighted by Crippen LogP contribution is 2.55. The minimum atomic E-state index is 0.362. The fourth-order valence-electron chi connectivity index (χ4n) is 4.28. The van der Waals surface area contributed by atoms with Crippen molar-refractivity contribution in [3.8, 4) is 0 Å². The Labute approximate surface area is 112 Å². The molecule has 0 radical (unpaired) electrons. The summed E-state index contributed by atoms with van der Waals surface area (Å²) in [5, 5.41) is 0. The Morgan fingerprint density at radius 1 is 1.06 bits per heavy atom. The number of nitrogens with zero attached hydrogens (tertiary/aromatic N) is 2. The predicted octanol–water partition coefficient (Wildman–Crippen LogP) is 1.53. The van der Waals surface area contributed by atoms with Crippen LogP contribution in [0.1, 0.15) is 38.5 Å². The SMILES string of the molecule is CN1CCC(N(C)C(CN)(C2CC2)C2CC2)CC1. The van der Waals surface area contributed by atoms with Crippen LogP contribution >= 0.6 is 0 Å². The van der Waals surface area contributed by atoms with Gasteiger partial charge in [0.2, 0.25) is 0 Å². The van der Waals surface area contributed by atoms with Gasteiger partial charge in [-0.15, -0.1) is 0 Å². The highest BCUT2D eigenvalue weighted by Gasteiger charge is 2.56. The predicted molar refractivity (Wildman–Crippen MR) is 75.5 cm³/mol. The smallest absolute Gasteiger partial charge is 0.0387 e. The van der Waals surface area contributed by atoms with E-state index in [2.05, 4.69) is 23.9 Å². The van der Waals surface area contributed by atoms with Crippen molar-refractivity contribution in [2.45, 2.75) is 50.1 Å². The van der Waals surface area contributed by atoms with Crippen LogP contribution < -0.4 is 5.73 Å².